The summed E-state index contributed by atoms with van der Waals surface area (Å²) in [6.45, 7) is 5.56. The third-order valence-electron chi connectivity index (χ3n) is 4.43. The maximum Gasteiger partial charge on any atom is 0.0587 e. The van der Waals surface area contributed by atoms with E-state index in [2.05, 4.69) is 19.2 Å². The lowest BCUT2D eigenvalue weighted by Gasteiger charge is -2.33. The molecule has 2 fully saturated rings. The van der Waals surface area contributed by atoms with Crippen LogP contribution in [0.25, 0.3) is 0 Å². The van der Waals surface area contributed by atoms with Crippen LogP contribution in [0.2, 0.25) is 0 Å². The molecule has 0 amide bonds. The molecule has 1 N–H and O–H groups in total. The van der Waals surface area contributed by atoms with Crippen molar-refractivity contribution in [2.24, 2.45) is 5.92 Å². The SMILES string of the molecule is CCC1CC(N[C@H](C)C2CCCC2)CCO1. The van der Waals surface area contributed by atoms with Crippen molar-refractivity contribution in [2.45, 2.75) is 77.0 Å². The van der Waals surface area contributed by atoms with Gasteiger partial charge in [0.15, 0.2) is 0 Å². The van der Waals surface area contributed by atoms with E-state index in [0.717, 1.165) is 18.9 Å². The molecule has 1 aliphatic heterocycles. The molecule has 2 aliphatic rings. The van der Waals surface area contributed by atoms with Crippen LogP contribution in [0.4, 0.5) is 0 Å². The van der Waals surface area contributed by atoms with Gasteiger partial charge in [-0.3, -0.25) is 0 Å². The largest absolute Gasteiger partial charge is 0.378 e. The predicted molar refractivity (Wildman–Crippen MR) is 67.6 cm³/mol. The maximum atomic E-state index is 5.72. The summed E-state index contributed by atoms with van der Waals surface area (Å²) < 4.78 is 5.72. The fourth-order valence-corrected chi connectivity index (χ4v) is 3.28. The van der Waals surface area contributed by atoms with Gasteiger partial charge in [-0.25, -0.2) is 0 Å². The molecule has 1 saturated heterocycles. The van der Waals surface area contributed by atoms with E-state index in [9.17, 15) is 0 Å². The van der Waals surface area contributed by atoms with Crippen LogP contribution in [0.15, 0.2) is 0 Å². The van der Waals surface area contributed by atoms with E-state index in [4.69, 9.17) is 4.74 Å². The molecule has 2 nitrogen and oxygen atoms in total. The van der Waals surface area contributed by atoms with E-state index in [1.807, 2.05) is 0 Å². The van der Waals surface area contributed by atoms with Crippen molar-refractivity contribution in [1.82, 2.24) is 5.32 Å². The van der Waals surface area contributed by atoms with E-state index < -0.39 is 0 Å². The average molecular weight is 225 g/mol. The first-order chi connectivity index (χ1) is 7.79. The summed E-state index contributed by atoms with van der Waals surface area (Å²) in [6, 6.07) is 1.41. The highest BCUT2D eigenvalue weighted by molar-refractivity contribution is 4.83. The van der Waals surface area contributed by atoms with Crippen molar-refractivity contribution in [1.29, 1.82) is 0 Å². The summed E-state index contributed by atoms with van der Waals surface area (Å²) in [5.41, 5.74) is 0. The van der Waals surface area contributed by atoms with E-state index in [1.165, 1.54) is 38.5 Å². The summed E-state index contributed by atoms with van der Waals surface area (Å²) >= 11 is 0. The molecule has 3 atom stereocenters. The lowest BCUT2D eigenvalue weighted by molar-refractivity contribution is -0.00277. The topological polar surface area (TPSA) is 21.3 Å². The van der Waals surface area contributed by atoms with Crippen LogP contribution in [0.3, 0.4) is 0 Å². The van der Waals surface area contributed by atoms with Gasteiger partial charge in [-0.15, -0.1) is 0 Å². The monoisotopic (exact) mass is 225 g/mol. The minimum absolute atomic E-state index is 0.502. The standard InChI is InChI=1S/C14H27NO/c1-3-14-10-13(8-9-16-14)15-11(2)12-6-4-5-7-12/h11-15H,3-10H2,1-2H3/t11-,13?,14?/m1/s1. The molecule has 2 unspecified atom stereocenters. The smallest absolute Gasteiger partial charge is 0.0587 e. The van der Waals surface area contributed by atoms with Gasteiger partial charge < -0.3 is 10.1 Å². The number of nitrogens with one attached hydrogen (secondary N) is 1. The van der Waals surface area contributed by atoms with Crippen LogP contribution in [0.1, 0.15) is 58.8 Å². The van der Waals surface area contributed by atoms with Crippen molar-refractivity contribution >= 4 is 0 Å². The Bertz CT molecular complexity index is 201. The fraction of sp³-hybridized carbons (Fsp3) is 1.00. The maximum absolute atomic E-state index is 5.72. The van der Waals surface area contributed by atoms with Crippen molar-refractivity contribution in [3.63, 3.8) is 0 Å². The highest BCUT2D eigenvalue weighted by Gasteiger charge is 2.26. The van der Waals surface area contributed by atoms with E-state index in [-0.39, 0.29) is 0 Å². The first-order valence-corrected chi connectivity index (χ1v) is 7.17. The van der Waals surface area contributed by atoms with Gasteiger partial charge in [-0.1, -0.05) is 19.8 Å². The van der Waals surface area contributed by atoms with Crippen LogP contribution < -0.4 is 5.32 Å². The quantitative estimate of drug-likeness (QED) is 0.794. The van der Waals surface area contributed by atoms with Gasteiger partial charge in [-0.05, 0) is 44.9 Å². The molecule has 2 heteroatoms. The first-order valence-electron chi connectivity index (χ1n) is 7.17. The normalized spacial score (nSPS) is 34.1. The number of hydrogen-bond donors (Lipinski definition) is 1. The molecule has 0 aromatic heterocycles. The van der Waals surface area contributed by atoms with E-state index >= 15 is 0 Å². The predicted octanol–water partition coefficient (Wildman–Crippen LogP) is 3.11. The zero-order valence-corrected chi connectivity index (χ0v) is 10.9. The summed E-state index contributed by atoms with van der Waals surface area (Å²) in [6.07, 6.45) is 9.85. The Morgan fingerprint density at radius 3 is 2.69 bits per heavy atom. The molecule has 1 aliphatic carbocycles. The minimum atomic E-state index is 0.502. The molecule has 0 bridgehead atoms. The molecule has 0 aromatic rings. The Morgan fingerprint density at radius 1 is 1.25 bits per heavy atom. The summed E-state index contributed by atoms with van der Waals surface area (Å²) in [5, 5.41) is 3.85. The molecule has 2 rings (SSSR count). The van der Waals surface area contributed by atoms with Crippen LogP contribution in [0.5, 0.6) is 0 Å². The number of rotatable bonds is 4. The van der Waals surface area contributed by atoms with Crippen LogP contribution in [-0.2, 0) is 4.74 Å². The van der Waals surface area contributed by atoms with Gasteiger partial charge in [0.25, 0.3) is 0 Å². The average Bonchev–Trinajstić information content (AvgIpc) is 2.83. The third-order valence-corrected chi connectivity index (χ3v) is 4.43. The number of ether oxygens (including phenoxy) is 1. The van der Waals surface area contributed by atoms with E-state index in [0.29, 0.717) is 18.2 Å². The summed E-state index contributed by atoms with van der Waals surface area (Å²) in [7, 11) is 0. The Balaban J connectivity index is 1.75. The van der Waals surface area contributed by atoms with Crippen LogP contribution in [0, 0.1) is 5.92 Å². The van der Waals surface area contributed by atoms with Gasteiger partial charge in [0.1, 0.15) is 0 Å². The molecule has 1 saturated carbocycles. The van der Waals surface area contributed by atoms with Crippen molar-refractivity contribution in [2.75, 3.05) is 6.61 Å². The molecule has 0 radical (unpaired) electrons. The molecular formula is C14H27NO. The van der Waals surface area contributed by atoms with Gasteiger partial charge in [0, 0.05) is 18.7 Å². The van der Waals surface area contributed by atoms with Gasteiger partial charge in [0.05, 0.1) is 6.10 Å². The summed E-state index contributed by atoms with van der Waals surface area (Å²) in [5.74, 6) is 0.933. The lowest BCUT2D eigenvalue weighted by atomic mass is 9.95. The van der Waals surface area contributed by atoms with Crippen LogP contribution in [-0.4, -0.2) is 24.8 Å². The molecule has 16 heavy (non-hydrogen) atoms. The van der Waals surface area contributed by atoms with Crippen molar-refractivity contribution in [3.05, 3.63) is 0 Å². The second kappa shape index (κ2) is 6.02. The fourth-order valence-electron chi connectivity index (χ4n) is 3.28. The minimum Gasteiger partial charge on any atom is -0.378 e. The van der Waals surface area contributed by atoms with E-state index in [1.54, 1.807) is 0 Å². The van der Waals surface area contributed by atoms with Crippen molar-refractivity contribution in [3.8, 4) is 0 Å². The Labute approximate surface area is 100 Å². The molecule has 0 aromatic carbocycles. The second-order valence-electron chi connectivity index (χ2n) is 5.62. The third kappa shape index (κ3) is 3.21. The highest BCUT2D eigenvalue weighted by atomic mass is 16.5. The Hall–Kier alpha value is -0.0800. The van der Waals surface area contributed by atoms with Crippen molar-refractivity contribution < 1.29 is 4.74 Å². The summed E-state index contributed by atoms with van der Waals surface area (Å²) in [4.78, 5) is 0. The Kier molecular flexibility index (Phi) is 4.66. The molecular weight excluding hydrogens is 198 g/mol. The zero-order valence-electron chi connectivity index (χ0n) is 10.9. The molecule has 94 valence electrons. The van der Waals surface area contributed by atoms with Crippen LogP contribution >= 0.6 is 0 Å². The molecule has 0 spiro atoms. The van der Waals surface area contributed by atoms with Gasteiger partial charge >= 0.3 is 0 Å². The lowest BCUT2D eigenvalue weighted by Crippen LogP contribution is -2.45. The second-order valence-corrected chi connectivity index (χ2v) is 5.62. The van der Waals surface area contributed by atoms with Gasteiger partial charge in [0.2, 0.25) is 0 Å². The Morgan fingerprint density at radius 2 is 2.00 bits per heavy atom. The molecule has 1 heterocycles. The van der Waals surface area contributed by atoms with Gasteiger partial charge in [-0.2, -0.15) is 0 Å². The highest BCUT2D eigenvalue weighted by Crippen LogP contribution is 2.28. The zero-order chi connectivity index (χ0) is 11.4. The number of hydrogen-bond acceptors (Lipinski definition) is 2. The first kappa shape index (κ1) is 12.4.